The zero-order valence-corrected chi connectivity index (χ0v) is 11.7. The maximum atomic E-state index is 9.33. The van der Waals surface area contributed by atoms with E-state index in [9.17, 15) is 5.11 Å². The van der Waals surface area contributed by atoms with Gasteiger partial charge in [-0.15, -0.1) is 0 Å². The molecular weight excluding hydrogens is 260 g/mol. The first-order valence-electron chi connectivity index (χ1n) is 6.97. The van der Waals surface area contributed by atoms with Crippen molar-refractivity contribution in [1.82, 2.24) is 0 Å². The molecule has 20 heavy (non-hydrogen) atoms. The van der Waals surface area contributed by atoms with E-state index in [0.29, 0.717) is 12.2 Å². The summed E-state index contributed by atoms with van der Waals surface area (Å²) in [5.74, 6) is 0.0206. The topological polar surface area (TPSA) is 74.8 Å². The second kappa shape index (κ2) is 7.59. The van der Waals surface area contributed by atoms with Crippen LogP contribution in [0.4, 0.5) is 0 Å². The van der Waals surface area contributed by atoms with E-state index in [1.165, 1.54) is 6.08 Å². The molecule has 2 aliphatic heterocycles. The average Bonchev–Trinajstić information content (AvgIpc) is 3.30. The molecule has 0 aromatic rings. The lowest BCUT2D eigenvalue weighted by molar-refractivity contribution is 0.102. The molecule has 0 bridgehead atoms. The lowest BCUT2D eigenvalue weighted by Crippen LogP contribution is -2.14. The van der Waals surface area contributed by atoms with E-state index in [1.54, 1.807) is 12.2 Å². The quantitative estimate of drug-likeness (QED) is 0.747. The molecule has 2 heterocycles. The fourth-order valence-corrected chi connectivity index (χ4v) is 1.69. The molecule has 5 heteroatoms. The van der Waals surface area contributed by atoms with Gasteiger partial charge in [0.1, 0.15) is 24.1 Å². The largest absolute Gasteiger partial charge is 0.509 e. The first-order valence-corrected chi connectivity index (χ1v) is 6.97. The molecule has 5 nitrogen and oxygen atoms in total. The molecule has 0 saturated carbocycles. The van der Waals surface area contributed by atoms with Crippen LogP contribution in [0, 0.1) is 0 Å². The number of rotatable bonds is 5. The smallest absolute Gasteiger partial charge is 0.135 e. The van der Waals surface area contributed by atoms with Crippen molar-refractivity contribution in [3.8, 4) is 0 Å². The van der Waals surface area contributed by atoms with Crippen LogP contribution in [0.1, 0.15) is 13.3 Å². The highest BCUT2D eigenvalue weighted by Gasteiger charge is 2.26. The Bertz CT molecular complexity index is 379. The Kier molecular flexibility index (Phi) is 5.79. The highest BCUT2D eigenvalue weighted by Crippen LogP contribution is 2.16. The summed E-state index contributed by atoms with van der Waals surface area (Å²) >= 11 is 0. The fraction of sp³-hybridized carbons (Fsp3) is 0.600. The molecule has 0 spiro atoms. The van der Waals surface area contributed by atoms with Crippen LogP contribution in [0.15, 0.2) is 35.6 Å². The monoisotopic (exact) mass is 282 g/mol. The molecular formula is C15H22O5. The zero-order chi connectivity index (χ0) is 14.4. The Morgan fingerprint density at radius 1 is 1.30 bits per heavy atom. The summed E-state index contributed by atoms with van der Waals surface area (Å²) in [5, 5.41) is 18.4. The van der Waals surface area contributed by atoms with Crippen molar-refractivity contribution < 1.29 is 24.4 Å². The Hall–Kier alpha value is -1.14. The van der Waals surface area contributed by atoms with Crippen LogP contribution in [-0.2, 0) is 14.2 Å². The molecule has 3 unspecified atom stereocenters. The van der Waals surface area contributed by atoms with Crippen LogP contribution in [0.25, 0.3) is 0 Å². The summed E-state index contributed by atoms with van der Waals surface area (Å²) in [7, 11) is 0. The van der Waals surface area contributed by atoms with E-state index in [2.05, 4.69) is 0 Å². The maximum absolute atomic E-state index is 9.33. The van der Waals surface area contributed by atoms with E-state index in [1.807, 2.05) is 13.0 Å². The lowest BCUT2D eigenvalue weighted by Gasteiger charge is -2.13. The predicted octanol–water partition coefficient (Wildman–Crippen LogP) is 1.50. The third-order valence-electron chi connectivity index (χ3n) is 3.00. The predicted molar refractivity (Wildman–Crippen MR) is 74.5 cm³/mol. The molecule has 0 aromatic heterocycles. The maximum Gasteiger partial charge on any atom is 0.135 e. The standard InChI is InChI=1S/C9H12O2.C6H10O3/c1-2-4-7-5-3-6-8(10)9(7)11;1(5-3-8-5)7-2-6-4-9-6/h3-6,9-11H,2H2,1H3;5-6H,1-4H2. The highest BCUT2D eigenvalue weighted by atomic mass is 16.6. The van der Waals surface area contributed by atoms with Gasteiger partial charge in [0.2, 0.25) is 0 Å². The van der Waals surface area contributed by atoms with E-state index in [4.69, 9.17) is 19.3 Å². The van der Waals surface area contributed by atoms with E-state index >= 15 is 0 Å². The number of aliphatic hydroxyl groups excluding tert-OH is 2. The van der Waals surface area contributed by atoms with Gasteiger partial charge in [-0.3, -0.25) is 0 Å². The van der Waals surface area contributed by atoms with Crippen molar-refractivity contribution in [2.24, 2.45) is 0 Å². The van der Waals surface area contributed by atoms with E-state index in [-0.39, 0.29) is 5.76 Å². The summed E-state index contributed by atoms with van der Waals surface area (Å²) in [4.78, 5) is 0. The molecule has 3 atom stereocenters. The van der Waals surface area contributed by atoms with Gasteiger partial charge >= 0.3 is 0 Å². The van der Waals surface area contributed by atoms with Crippen molar-refractivity contribution in [3.63, 3.8) is 0 Å². The van der Waals surface area contributed by atoms with Gasteiger partial charge in [-0.1, -0.05) is 25.2 Å². The second-order valence-electron chi connectivity index (χ2n) is 4.91. The van der Waals surface area contributed by atoms with Gasteiger partial charge in [0, 0.05) is 0 Å². The molecule has 112 valence electrons. The Balaban J connectivity index is 0.000000149. The van der Waals surface area contributed by atoms with Crippen molar-refractivity contribution in [1.29, 1.82) is 0 Å². The van der Waals surface area contributed by atoms with Gasteiger partial charge in [0.25, 0.3) is 0 Å². The molecule has 1 aliphatic carbocycles. The molecule has 3 aliphatic rings. The summed E-state index contributed by atoms with van der Waals surface area (Å²) in [6, 6.07) is 0. The van der Waals surface area contributed by atoms with Gasteiger partial charge < -0.3 is 24.4 Å². The normalized spacial score (nSPS) is 32.4. The molecule has 0 radical (unpaired) electrons. The van der Waals surface area contributed by atoms with Crippen LogP contribution in [0.5, 0.6) is 0 Å². The van der Waals surface area contributed by atoms with Gasteiger partial charge in [0.15, 0.2) is 0 Å². The average molecular weight is 282 g/mol. The molecule has 2 saturated heterocycles. The minimum atomic E-state index is -0.819. The SMILES string of the molecule is C(OCC1CO1)C1CO1.CCC=C1C=CC=C(O)C1O. The van der Waals surface area contributed by atoms with Crippen molar-refractivity contribution in [2.75, 3.05) is 26.4 Å². The molecule has 3 rings (SSSR count). The first-order chi connectivity index (χ1) is 9.70. The van der Waals surface area contributed by atoms with Gasteiger partial charge in [-0.05, 0) is 18.1 Å². The first kappa shape index (κ1) is 15.3. The van der Waals surface area contributed by atoms with Crippen molar-refractivity contribution in [2.45, 2.75) is 31.7 Å². The zero-order valence-electron chi connectivity index (χ0n) is 11.7. The Morgan fingerprint density at radius 3 is 2.40 bits per heavy atom. The van der Waals surface area contributed by atoms with Crippen LogP contribution in [0.2, 0.25) is 0 Å². The Labute approximate surface area is 119 Å². The van der Waals surface area contributed by atoms with Crippen LogP contribution in [0.3, 0.4) is 0 Å². The van der Waals surface area contributed by atoms with Crippen molar-refractivity contribution in [3.05, 3.63) is 35.6 Å². The molecule has 0 amide bonds. The number of aliphatic hydroxyl groups is 2. The number of allylic oxidation sites excluding steroid dienone is 3. The lowest BCUT2D eigenvalue weighted by atomic mass is 10.0. The molecule has 0 aromatic carbocycles. The van der Waals surface area contributed by atoms with Gasteiger partial charge in [-0.25, -0.2) is 0 Å². The molecule has 2 fully saturated rings. The van der Waals surface area contributed by atoms with Crippen LogP contribution >= 0.6 is 0 Å². The minimum absolute atomic E-state index is 0.0206. The fourth-order valence-electron chi connectivity index (χ4n) is 1.69. The number of ether oxygens (including phenoxy) is 3. The summed E-state index contributed by atoms with van der Waals surface area (Å²) in [6.07, 6.45) is 7.75. The highest BCUT2D eigenvalue weighted by molar-refractivity contribution is 5.36. The van der Waals surface area contributed by atoms with Crippen LogP contribution < -0.4 is 0 Å². The number of hydrogen-bond donors (Lipinski definition) is 2. The summed E-state index contributed by atoms with van der Waals surface area (Å²) in [5.41, 5.74) is 0.771. The second-order valence-corrected chi connectivity index (χ2v) is 4.91. The molecule has 2 N–H and O–H groups in total. The van der Waals surface area contributed by atoms with Crippen molar-refractivity contribution >= 4 is 0 Å². The van der Waals surface area contributed by atoms with Gasteiger partial charge in [0.05, 0.1) is 26.4 Å². The summed E-state index contributed by atoms with van der Waals surface area (Å²) in [6.45, 7) is 5.25. The van der Waals surface area contributed by atoms with E-state index in [0.717, 1.165) is 38.4 Å². The minimum Gasteiger partial charge on any atom is -0.509 e. The number of hydrogen-bond acceptors (Lipinski definition) is 5. The van der Waals surface area contributed by atoms with Gasteiger partial charge in [-0.2, -0.15) is 0 Å². The van der Waals surface area contributed by atoms with Crippen LogP contribution in [-0.4, -0.2) is 55.0 Å². The third kappa shape index (κ3) is 5.46. The Morgan fingerprint density at radius 2 is 1.90 bits per heavy atom. The third-order valence-corrected chi connectivity index (χ3v) is 3.00. The summed E-state index contributed by atoms with van der Waals surface area (Å²) < 4.78 is 15.1. The van der Waals surface area contributed by atoms with E-state index < -0.39 is 6.10 Å². The number of epoxide rings is 2.